The molecule has 0 N–H and O–H groups in total. The lowest BCUT2D eigenvalue weighted by atomic mass is 10.2. The SMILES string of the molecule is COC(=O)c1cc(C(F)F)c(Br)nc1[N+](=O)[O-]. The van der Waals surface area contributed by atoms with Crippen LogP contribution in [0.3, 0.4) is 0 Å². The van der Waals surface area contributed by atoms with Gasteiger partial charge in [0.15, 0.2) is 5.56 Å². The maximum absolute atomic E-state index is 12.5. The molecule has 0 unspecified atom stereocenters. The molecule has 0 fully saturated rings. The molecule has 0 bridgehead atoms. The van der Waals surface area contributed by atoms with Gasteiger partial charge in [0.05, 0.1) is 12.7 Å². The zero-order valence-corrected chi connectivity index (χ0v) is 9.90. The molecule has 0 aliphatic carbocycles. The predicted molar refractivity (Wildman–Crippen MR) is 54.9 cm³/mol. The van der Waals surface area contributed by atoms with Gasteiger partial charge in [-0.1, -0.05) is 0 Å². The number of carbonyl (C=O) groups excluding carboxylic acids is 1. The van der Waals surface area contributed by atoms with Crippen molar-refractivity contribution in [1.29, 1.82) is 0 Å². The van der Waals surface area contributed by atoms with Crippen LogP contribution in [-0.2, 0) is 4.74 Å². The van der Waals surface area contributed by atoms with Crippen molar-refractivity contribution < 1.29 is 23.2 Å². The largest absolute Gasteiger partial charge is 0.465 e. The van der Waals surface area contributed by atoms with Gasteiger partial charge in [0, 0.05) is 15.9 Å². The molecule has 0 saturated heterocycles. The van der Waals surface area contributed by atoms with Crippen LogP contribution < -0.4 is 0 Å². The molecule has 92 valence electrons. The highest BCUT2D eigenvalue weighted by atomic mass is 79.9. The van der Waals surface area contributed by atoms with E-state index in [1.807, 2.05) is 0 Å². The Morgan fingerprint density at radius 1 is 1.65 bits per heavy atom. The Bertz CT molecular complexity index is 481. The van der Waals surface area contributed by atoms with Crippen molar-refractivity contribution in [3.8, 4) is 0 Å². The first-order valence-electron chi connectivity index (χ1n) is 4.09. The number of ether oxygens (including phenoxy) is 1. The molecule has 0 atom stereocenters. The average molecular weight is 311 g/mol. The summed E-state index contributed by atoms with van der Waals surface area (Å²) in [6, 6.07) is 0.686. The second-order valence-electron chi connectivity index (χ2n) is 2.79. The maximum atomic E-state index is 12.5. The van der Waals surface area contributed by atoms with Crippen molar-refractivity contribution >= 4 is 27.7 Å². The Balaban J connectivity index is 3.47. The zero-order valence-electron chi connectivity index (χ0n) is 8.32. The van der Waals surface area contributed by atoms with E-state index >= 15 is 0 Å². The summed E-state index contributed by atoms with van der Waals surface area (Å²) in [5.41, 5.74) is -1.23. The van der Waals surface area contributed by atoms with E-state index < -0.39 is 34.3 Å². The molecule has 0 aliphatic rings. The summed E-state index contributed by atoms with van der Waals surface area (Å²) in [5, 5.41) is 10.6. The molecule has 0 amide bonds. The van der Waals surface area contributed by atoms with Gasteiger partial charge in [-0.05, 0) is 16.0 Å². The Hall–Kier alpha value is -1.64. The summed E-state index contributed by atoms with van der Waals surface area (Å²) in [4.78, 5) is 24.1. The molecule has 0 spiro atoms. The number of rotatable bonds is 3. The van der Waals surface area contributed by atoms with Crippen molar-refractivity contribution in [3.63, 3.8) is 0 Å². The molecule has 0 saturated carbocycles. The number of esters is 1. The standard InChI is InChI=1S/C8H5BrF2N2O4/c1-17-8(14)4-2-3(6(10)11)5(9)12-7(4)13(15)16/h2,6H,1H3. The van der Waals surface area contributed by atoms with E-state index in [1.165, 1.54) is 0 Å². The molecule has 0 radical (unpaired) electrons. The topological polar surface area (TPSA) is 82.3 Å². The van der Waals surface area contributed by atoms with Crippen LogP contribution in [0.1, 0.15) is 22.3 Å². The Labute approximate surface area is 102 Å². The van der Waals surface area contributed by atoms with E-state index in [1.54, 1.807) is 0 Å². The number of pyridine rings is 1. The van der Waals surface area contributed by atoms with Gasteiger partial charge >= 0.3 is 11.8 Å². The molecule has 0 aliphatic heterocycles. The van der Waals surface area contributed by atoms with Crippen LogP contribution in [0.5, 0.6) is 0 Å². The van der Waals surface area contributed by atoms with E-state index in [0.717, 1.165) is 7.11 Å². The quantitative estimate of drug-likeness (QED) is 0.371. The van der Waals surface area contributed by atoms with E-state index in [-0.39, 0.29) is 4.60 Å². The van der Waals surface area contributed by atoms with E-state index in [2.05, 4.69) is 25.7 Å². The van der Waals surface area contributed by atoms with Crippen LogP contribution in [0.4, 0.5) is 14.6 Å². The van der Waals surface area contributed by atoms with Crippen molar-refractivity contribution in [2.24, 2.45) is 0 Å². The minimum atomic E-state index is -2.92. The first kappa shape index (κ1) is 13.4. The Kier molecular flexibility index (Phi) is 4.05. The number of halogens is 3. The van der Waals surface area contributed by atoms with Crippen LogP contribution in [-0.4, -0.2) is 23.0 Å². The number of methoxy groups -OCH3 is 1. The molecule has 0 aromatic carbocycles. The van der Waals surface area contributed by atoms with Gasteiger partial charge in [0.1, 0.15) is 0 Å². The number of alkyl halides is 2. The molecule has 6 nitrogen and oxygen atoms in total. The summed E-state index contributed by atoms with van der Waals surface area (Å²) in [6.45, 7) is 0. The van der Waals surface area contributed by atoms with Crippen molar-refractivity contribution in [2.75, 3.05) is 7.11 Å². The van der Waals surface area contributed by atoms with Gasteiger partial charge in [0.25, 0.3) is 6.43 Å². The second-order valence-corrected chi connectivity index (χ2v) is 3.54. The third-order valence-electron chi connectivity index (χ3n) is 1.80. The van der Waals surface area contributed by atoms with Crippen LogP contribution in [0.25, 0.3) is 0 Å². The minimum absolute atomic E-state index is 0.383. The maximum Gasteiger partial charge on any atom is 0.379 e. The highest BCUT2D eigenvalue weighted by Gasteiger charge is 2.28. The Morgan fingerprint density at radius 3 is 2.65 bits per heavy atom. The fraction of sp³-hybridized carbons (Fsp3) is 0.250. The molecular weight excluding hydrogens is 306 g/mol. The number of nitrogens with zero attached hydrogens (tertiary/aromatic N) is 2. The number of aromatic nitrogens is 1. The van der Waals surface area contributed by atoms with Crippen LogP contribution >= 0.6 is 15.9 Å². The number of hydrogen-bond donors (Lipinski definition) is 0. The summed E-state index contributed by atoms with van der Waals surface area (Å²) >= 11 is 2.67. The van der Waals surface area contributed by atoms with Gasteiger partial charge < -0.3 is 14.9 Å². The molecule has 1 aromatic heterocycles. The lowest BCUT2D eigenvalue weighted by Crippen LogP contribution is -2.09. The molecule has 1 rings (SSSR count). The molecular formula is C8H5BrF2N2O4. The highest BCUT2D eigenvalue weighted by molar-refractivity contribution is 9.10. The van der Waals surface area contributed by atoms with Gasteiger partial charge in [0.2, 0.25) is 4.60 Å². The number of hydrogen-bond acceptors (Lipinski definition) is 5. The van der Waals surface area contributed by atoms with Gasteiger partial charge in [-0.15, -0.1) is 0 Å². The molecule has 17 heavy (non-hydrogen) atoms. The molecule has 9 heteroatoms. The van der Waals surface area contributed by atoms with E-state index in [4.69, 9.17) is 0 Å². The van der Waals surface area contributed by atoms with E-state index in [9.17, 15) is 23.7 Å². The minimum Gasteiger partial charge on any atom is -0.465 e. The first-order chi connectivity index (χ1) is 7.88. The lowest BCUT2D eigenvalue weighted by Gasteiger charge is -2.04. The van der Waals surface area contributed by atoms with Gasteiger partial charge in [-0.25, -0.2) is 13.6 Å². The predicted octanol–water partition coefficient (Wildman–Crippen LogP) is 2.48. The first-order valence-corrected chi connectivity index (χ1v) is 4.89. The summed E-state index contributed by atoms with van der Waals surface area (Å²) in [6.07, 6.45) is -2.92. The third kappa shape index (κ3) is 2.73. The van der Waals surface area contributed by atoms with Crippen LogP contribution in [0, 0.1) is 10.1 Å². The van der Waals surface area contributed by atoms with Crippen molar-refractivity contribution in [3.05, 3.63) is 31.9 Å². The smallest absolute Gasteiger partial charge is 0.379 e. The fourth-order valence-corrected chi connectivity index (χ4v) is 1.51. The fourth-order valence-electron chi connectivity index (χ4n) is 1.05. The zero-order chi connectivity index (χ0) is 13.2. The second kappa shape index (κ2) is 5.13. The summed E-state index contributed by atoms with van der Waals surface area (Å²) in [7, 11) is 0.982. The number of nitro groups is 1. The van der Waals surface area contributed by atoms with Crippen molar-refractivity contribution in [2.45, 2.75) is 6.43 Å². The van der Waals surface area contributed by atoms with Crippen molar-refractivity contribution in [1.82, 2.24) is 4.98 Å². The van der Waals surface area contributed by atoms with E-state index in [0.29, 0.717) is 6.07 Å². The van der Waals surface area contributed by atoms with Crippen LogP contribution in [0.2, 0.25) is 0 Å². The summed E-state index contributed by atoms with van der Waals surface area (Å²) < 4.78 is 28.9. The lowest BCUT2D eigenvalue weighted by molar-refractivity contribution is -0.390. The highest BCUT2D eigenvalue weighted by Crippen LogP contribution is 2.30. The summed E-state index contributed by atoms with van der Waals surface area (Å²) in [5.74, 6) is -1.94. The number of carbonyl (C=O) groups is 1. The average Bonchev–Trinajstić information content (AvgIpc) is 2.26. The molecule has 1 heterocycles. The monoisotopic (exact) mass is 310 g/mol. The van der Waals surface area contributed by atoms with Gasteiger partial charge in [-0.2, -0.15) is 0 Å². The van der Waals surface area contributed by atoms with Gasteiger partial charge in [-0.3, -0.25) is 0 Å². The molecule has 1 aromatic rings. The normalized spacial score (nSPS) is 10.4. The van der Waals surface area contributed by atoms with Crippen LogP contribution in [0.15, 0.2) is 10.7 Å². The third-order valence-corrected chi connectivity index (χ3v) is 2.43. The Morgan fingerprint density at radius 2 is 2.24 bits per heavy atom.